The fourth-order valence-electron chi connectivity index (χ4n) is 2.37. The minimum Gasteiger partial charge on any atom is -0.302 e. The number of rotatable bonds is 7. The number of aldehydes is 1. The first-order chi connectivity index (χ1) is 11.7. The van der Waals surface area contributed by atoms with E-state index in [4.69, 9.17) is 0 Å². The molecular formula is C18H14F6O. The maximum absolute atomic E-state index is 13.3. The molecule has 0 heterocycles. The zero-order valence-electron chi connectivity index (χ0n) is 12.9. The lowest BCUT2D eigenvalue weighted by Gasteiger charge is -2.17. The maximum Gasteiger partial charge on any atom is 0.301 e. The Morgan fingerprint density at radius 3 is 1.28 bits per heavy atom. The summed E-state index contributed by atoms with van der Waals surface area (Å²) in [5.74, 6) is -8.11. The van der Waals surface area contributed by atoms with E-state index in [-0.39, 0.29) is 0 Å². The summed E-state index contributed by atoms with van der Waals surface area (Å²) >= 11 is 0. The van der Waals surface area contributed by atoms with E-state index < -0.39 is 42.2 Å². The molecule has 0 N–H and O–H groups in total. The van der Waals surface area contributed by atoms with Crippen LogP contribution in [-0.4, -0.2) is 19.6 Å². The summed E-state index contributed by atoms with van der Waals surface area (Å²) in [4.78, 5) is 11.4. The predicted octanol–water partition coefficient (Wildman–Crippen LogP) is 5.14. The summed E-state index contributed by atoms with van der Waals surface area (Å²) in [7, 11) is 0. The molecule has 134 valence electrons. The van der Waals surface area contributed by atoms with Crippen molar-refractivity contribution in [2.45, 2.75) is 17.8 Å². The van der Waals surface area contributed by atoms with Crippen molar-refractivity contribution in [3.63, 3.8) is 0 Å². The first kappa shape index (κ1) is 19.0. The lowest BCUT2D eigenvalue weighted by atomic mass is 9.90. The largest absolute Gasteiger partial charge is 0.302 e. The van der Waals surface area contributed by atoms with Gasteiger partial charge in [0.25, 0.3) is 0 Å². The second kappa shape index (κ2) is 7.29. The highest BCUT2D eigenvalue weighted by atomic mass is 19.3. The highest BCUT2D eigenvalue weighted by molar-refractivity contribution is 5.68. The van der Waals surface area contributed by atoms with Gasteiger partial charge in [-0.1, -0.05) is 48.5 Å². The average Bonchev–Trinajstić information content (AvgIpc) is 2.63. The Balaban J connectivity index is 2.29. The third-order valence-electron chi connectivity index (χ3n) is 3.86. The molecule has 0 spiro atoms. The fourth-order valence-corrected chi connectivity index (χ4v) is 2.37. The van der Waals surface area contributed by atoms with Crippen molar-refractivity contribution in [2.24, 2.45) is 0 Å². The minimum absolute atomic E-state index is 0.346. The van der Waals surface area contributed by atoms with E-state index in [1.54, 1.807) is 0 Å². The molecule has 2 aromatic carbocycles. The third-order valence-corrected chi connectivity index (χ3v) is 3.86. The van der Waals surface area contributed by atoms with Gasteiger partial charge in [-0.2, -0.15) is 17.6 Å². The van der Waals surface area contributed by atoms with E-state index in [0.29, 0.717) is 17.4 Å². The third kappa shape index (κ3) is 4.03. The van der Waals surface area contributed by atoms with Crippen molar-refractivity contribution in [2.75, 3.05) is 13.3 Å². The van der Waals surface area contributed by atoms with Crippen LogP contribution in [0.25, 0.3) is 0 Å². The van der Waals surface area contributed by atoms with Gasteiger partial charge < -0.3 is 4.79 Å². The van der Waals surface area contributed by atoms with Crippen LogP contribution >= 0.6 is 0 Å². The van der Waals surface area contributed by atoms with Gasteiger partial charge in [0, 0.05) is 11.1 Å². The number of hydrogen-bond donors (Lipinski definition) is 0. The van der Waals surface area contributed by atoms with Gasteiger partial charge in [-0.25, -0.2) is 8.78 Å². The molecule has 25 heavy (non-hydrogen) atoms. The minimum atomic E-state index is -3.62. The van der Waals surface area contributed by atoms with Crippen LogP contribution in [0.1, 0.15) is 28.2 Å². The van der Waals surface area contributed by atoms with Crippen LogP contribution in [0.15, 0.2) is 48.5 Å². The van der Waals surface area contributed by atoms with Crippen LogP contribution in [0, 0.1) is 0 Å². The summed E-state index contributed by atoms with van der Waals surface area (Å²) in [5, 5.41) is 0. The van der Waals surface area contributed by atoms with Crippen LogP contribution in [0.2, 0.25) is 0 Å². The van der Waals surface area contributed by atoms with Gasteiger partial charge in [0.1, 0.15) is 6.29 Å². The Morgan fingerprint density at radius 2 is 1.04 bits per heavy atom. The van der Waals surface area contributed by atoms with Crippen molar-refractivity contribution >= 4 is 6.29 Å². The number of hydrogen-bond acceptors (Lipinski definition) is 1. The van der Waals surface area contributed by atoms with E-state index in [1.165, 1.54) is 24.3 Å². The van der Waals surface area contributed by atoms with Gasteiger partial charge in [0.05, 0.1) is 5.92 Å². The van der Waals surface area contributed by atoms with Gasteiger partial charge in [0.2, 0.25) is 0 Å². The Morgan fingerprint density at radius 1 is 0.720 bits per heavy atom. The van der Waals surface area contributed by atoms with Crippen LogP contribution in [0.5, 0.6) is 0 Å². The van der Waals surface area contributed by atoms with Gasteiger partial charge in [-0.3, -0.25) is 0 Å². The second-order valence-electron chi connectivity index (χ2n) is 5.53. The van der Waals surface area contributed by atoms with Crippen molar-refractivity contribution in [1.29, 1.82) is 0 Å². The normalized spacial score (nSPS) is 12.4. The quantitative estimate of drug-likeness (QED) is 0.494. The summed E-state index contributed by atoms with van der Waals surface area (Å²) in [6.45, 7) is -3.68. The first-order valence-corrected chi connectivity index (χ1v) is 7.29. The molecule has 0 saturated carbocycles. The Kier molecular flexibility index (Phi) is 5.55. The Bertz CT molecular complexity index is 650. The highest BCUT2D eigenvalue weighted by Crippen LogP contribution is 2.32. The lowest BCUT2D eigenvalue weighted by molar-refractivity contribution is -0.108. The fraction of sp³-hybridized carbons (Fsp3) is 0.278. The van der Waals surface area contributed by atoms with E-state index in [2.05, 4.69) is 0 Å². The highest BCUT2D eigenvalue weighted by Gasteiger charge is 2.32. The SMILES string of the molecule is O=CC(c1ccc(C(F)(F)CF)cc1)c1ccc(C(F)(F)CF)cc1. The van der Waals surface area contributed by atoms with Crippen molar-refractivity contribution < 1.29 is 31.1 Å². The molecule has 2 rings (SSSR count). The topological polar surface area (TPSA) is 17.1 Å². The molecule has 2 aromatic rings. The van der Waals surface area contributed by atoms with E-state index in [9.17, 15) is 31.1 Å². The summed E-state index contributed by atoms with van der Waals surface area (Å²) in [6, 6.07) is 9.05. The molecule has 0 unspecified atom stereocenters. The summed E-state index contributed by atoms with van der Waals surface area (Å²) in [5.41, 5.74) is -0.362. The van der Waals surface area contributed by atoms with Gasteiger partial charge in [0.15, 0.2) is 13.3 Å². The first-order valence-electron chi connectivity index (χ1n) is 7.29. The van der Waals surface area contributed by atoms with E-state index in [1.807, 2.05) is 0 Å². The standard InChI is InChI=1S/C18H14F6O/c19-10-17(21,22)14-5-1-12(2-6-14)16(9-25)13-3-7-15(8-4-13)18(23,24)11-20/h1-9,16H,10-11H2. The second-order valence-corrected chi connectivity index (χ2v) is 5.53. The number of benzene rings is 2. The molecule has 0 amide bonds. The predicted molar refractivity (Wildman–Crippen MR) is 80.5 cm³/mol. The molecule has 0 fully saturated rings. The van der Waals surface area contributed by atoms with Crippen LogP contribution in [-0.2, 0) is 16.6 Å². The molecule has 0 saturated heterocycles. The molecule has 7 heteroatoms. The van der Waals surface area contributed by atoms with E-state index >= 15 is 0 Å². The Hall–Kier alpha value is -2.31. The molecule has 0 aliphatic carbocycles. The number of carbonyl (C=O) groups excluding carboxylic acids is 1. The van der Waals surface area contributed by atoms with Gasteiger partial charge in [-0.05, 0) is 11.1 Å². The van der Waals surface area contributed by atoms with Crippen LogP contribution in [0.3, 0.4) is 0 Å². The maximum atomic E-state index is 13.3. The van der Waals surface area contributed by atoms with Gasteiger partial charge >= 0.3 is 11.8 Å². The monoisotopic (exact) mass is 360 g/mol. The Labute approximate surface area is 140 Å². The van der Waals surface area contributed by atoms with Crippen LogP contribution in [0.4, 0.5) is 26.3 Å². The zero-order chi connectivity index (χ0) is 18.7. The van der Waals surface area contributed by atoms with E-state index in [0.717, 1.165) is 24.3 Å². The molecule has 0 aliphatic heterocycles. The smallest absolute Gasteiger partial charge is 0.301 e. The van der Waals surface area contributed by atoms with Gasteiger partial charge in [-0.15, -0.1) is 0 Å². The molecule has 0 aliphatic rings. The zero-order valence-corrected chi connectivity index (χ0v) is 12.9. The molecule has 0 aromatic heterocycles. The number of halogens is 6. The molecular weight excluding hydrogens is 346 g/mol. The molecule has 0 atom stereocenters. The molecule has 0 bridgehead atoms. The summed E-state index contributed by atoms with van der Waals surface area (Å²) in [6.07, 6.45) is 0.532. The number of carbonyl (C=O) groups is 1. The molecule has 1 nitrogen and oxygen atoms in total. The number of alkyl halides is 6. The lowest BCUT2D eigenvalue weighted by Crippen LogP contribution is -2.16. The molecule has 0 radical (unpaired) electrons. The summed E-state index contributed by atoms with van der Waals surface area (Å²) < 4.78 is 77.7. The van der Waals surface area contributed by atoms with Crippen molar-refractivity contribution in [3.05, 3.63) is 70.8 Å². The van der Waals surface area contributed by atoms with Crippen molar-refractivity contribution in [3.8, 4) is 0 Å². The van der Waals surface area contributed by atoms with Crippen molar-refractivity contribution in [1.82, 2.24) is 0 Å². The average molecular weight is 360 g/mol. The van der Waals surface area contributed by atoms with Crippen LogP contribution < -0.4 is 0 Å².